The van der Waals surface area contributed by atoms with Crippen LogP contribution in [0.15, 0.2) is 41.2 Å². The van der Waals surface area contributed by atoms with Gasteiger partial charge in [0.15, 0.2) is 5.82 Å². The van der Waals surface area contributed by atoms with E-state index in [1.165, 1.54) is 37.4 Å². The van der Waals surface area contributed by atoms with E-state index in [9.17, 15) is 23.9 Å². The first kappa shape index (κ1) is 23.4. The Morgan fingerprint density at radius 2 is 1.91 bits per heavy atom. The number of hydrogen-bond acceptors (Lipinski definition) is 7. The number of anilines is 1. The van der Waals surface area contributed by atoms with E-state index in [4.69, 9.17) is 9.47 Å². The maximum Gasteiger partial charge on any atom is 0.377 e. The molecule has 11 nitrogen and oxygen atoms in total. The van der Waals surface area contributed by atoms with Gasteiger partial charge in [-0.2, -0.15) is 4.68 Å². The molecule has 0 saturated heterocycles. The molecular weight excluding hydrogens is 437 g/mol. The highest BCUT2D eigenvalue weighted by atomic mass is 19.1. The van der Waals surface area contributed by atoms with Crippen LogP contribution in [0.5, 0.6) is 11.5 Å². The van der Waals surface area contributed by atoms with Crippen molar-refractivity contribution in [3.8, 4) is 17.2 Å². The van der Waals surface area contributed by atoms with Gasteiger partial charge in [-0.1, -0.05) is 13.0 Å². The molecule has 0 radical (unpaired) electrons. The number of nitrogens with zero attached hydrogens (tertiary/aromatic N) is 5. The van der Waals surface area contributed by atoms with Gasteiger partial charge < -0.3 is 14.6 Å². The summed E-state index contributed by atoms with van der Waals surface area (Å²) in [5, 5.41) is 16.6. The van der Waals surface area contributed by atoms with Gasteiger partial charge in [-0.3, -0.25) is 4.90 Å². The average Bonchev–Trinajstić information content (AvgIpc) is 3.18. The van der Waals surface area contributed by atoms with Crippen molar-refractivity contribution in [3.05, 3.63) is 58.3 Å². The summed E-state index contributed by atoms with van der Waals surface area (Å²) in [5.41, 5.74) is -1.27. The van der Waals surface area contributed by atoms with Crippen molar-refractivity contribution in [2.45, 2.75) is 20.3 Å². The molecule has 1 aromatic heterocycles. The van der Waals surface area contributed by atoms with Crippen LogP contribution >= 0.6 is 0 Å². The molecule has 0 aliphatic rings. The highest BCUT2D eigenvalue weighted by Gasteiger charge is 2.27. The molecular formula is C21H22FN5O6. The van der Waals surface area contributed by atoms with Gasteiger partial charge in [-0.15, -0.1) is 4.68 Å². The van der Waals surface area contributed by atoms with E-state index in [0.717, 1.165) is 11.0 Å². The number of rotatable bonds is 8. The molecule has 0 spiro atoms. The lowest BCUT2D eigenvalue weighted by Gasteiger charge is -2.23. The molecule has 2 aromatic carbocycles. The van der Waals surface area contributed by atoms with Crippen LogP contribution in [0, 0.1) is 5.82 Å². The summed E-state index contributed by atoms with van der Waals surface area (Å²) >= 11 is 0. The normalized spacial score (nSPS) is 10.7. The Morgan fingerprint density at radius 3 is 2.55 bits per heavy atom. The minimum atomic E-state index is -1.20. The van der Waals surface area contributed by atoms with Crippen molar-refractivity contribution >= 4 is 17.7 Å². The summed E-state index contributed by atoms with van der Waals surface area (Å²) < 4.78 is 26.2. The number of halogens is 1. The third-order valence-electron chi connectivity index (χ3n) is 4.65. The lowest BCUT2D eigenvalue weighted by Crippen LogP contribution is -2.41. The second-order valence-electron chi connectivity index (χ2n) is 6.74. The lowest BCUT2D eigenvalue weighted by molar-refractivity contribution is 0.0696. The zero-order chi connectivity index (χ0) is 24.1. The Morgan fingerprint density at radius 1 is 1.15 bits per heavy atom. The van der Waals surface area contributed by atoms with Crippen LogP contribution in [-0.2, 0) is 0 Å². The maximum atomic E-state index is 14.4. The van der Waals surface area contributed by atoms with Gasteiger partial charge in [0, 0.05) is 6.54 Å². The molecule has 0 aliphatic carbocycles. The molecule has 1 amide bonds. The fraction of sp³-hybridized carbons (Fsp3) is 0.286. The first-order chi connectivity index (χ1) is 15.8. The molecule has 0 fully saturated rings. The van der Waals surface area contributed by atoms with Crippen molar-refractivity contribution in [2.24, 2.45) is 0 Å². The van der Waals surface area contributed by atoms with Gasteiger partial charge in [0.25, 0.3) is 0 Å². The standard InChI is InChI=1S/C21H22FN5O6/c1-4-11-33-16-10-9-13(19(28)29)12-15(16)25(5-2)20(30)27-21(31)26(23-24-27)18-14(22)7-6-8-17(18)32-3/h6-10,12H,4-5,11H2,1-3H3,(H,28,29). The summed E-state index contributed by atoms with van der Waals surface area (Å²) in [5.74, 6) is -1.72. The van der Waals surface area contributed by atoms with Crippen LogP contribution < -0.4 is 20.1 Å². The topological polar surface area (TPSA) is 129 Å². The number of carbonyl (C=O) groups excluding carboxylic acids is 1. The number of para-hydroxylation sites is 1. The number of tetrazole rings is 1. The molecule has 1 N–H and O–H groups in total. The van der Waals surface area contributed by atoms with Crippen LogP contribution in [0.4, 0.5) is 14.9 Å². The quantitative estimate of drug-likeness (QED) is 0.509. The van der Waals surface area contributed by atoms with E-state index in [2.05, 4.69) is 10.4 Å². The molecule has 0 saturated carbocycles. The maximum absolute atomic E-state index is 14.4. The fourth-order valence-corrected chi connectivity index (χ4v) is 3.09. The van der Waals surface area contributed by atoms with Crippen LogP contribution in [0.2, 0.25) is 0 Å². The Balaban J connectivity index is 2.08. The van der Waals surface area contributed by atoms with Crippen LogP contribution in [0.3, 0.4) is 0 Å². The largest absolute Gasteiger partial charge is 0.494 e. The van der Waals surface area contributed by atoms with Crippen LogP contribution in [-0.4, -0.2) is 57.2 Å². The zero-order valence-corrected chi connectivity index (χ0v) is 18.2. The second-order valence-corrected chi connectivity index (χ2v) is 6.74. The first-order valence-electron chi connectivity index (χ1n) is 10.0. The number of carboxylic acids is 1. The van der Waals surface area contributed by atoms with Crippen molar-refractivity contribution in [1.82, 2.24) is 19.8 Å². The highest BCUT2D eigenvalue weighted by Crippen LogP contribution is 2.30. The number of carboxylic acid groups (broad SMARTS) is 1. The Labute approximate surface area is 187 Å². The third-order valence-corrected chi connectivity index (χ3v) is 4.65. The monoisotopic (exact) mass is 459 g/mol. The van der Waals surface area contributed by atoms with E-state index < -0.39 is 23.5 Å². The molecule has 0 aliphatic heterocycles. The predicted molar refractivity (Wildman–Crippen MR) is 115 cm³/mol. The SMILES string of the molecule is CCCOc1ccc(C(=O)O)cc1N(CC)C(=O)n1nnn(-c2c(F)cccc2OC)c1=O. The van der Waals surface area contributed by atoms with Crippen molar-refractivity contribution in [2.75, 3.05) is 25.2 Å². The molecule has 3 aromatic rings. The predicted octanol–water partition coefficient (Wildman–Crippen LogP) is 2.56. The van der Waals surface area contributed by atoms with E-state index in [0.29, 0.717) is 22.4 Å². The molecule has 0 bridgehead atoms. The summed E-state index contributed by atoms with van der Waals surface area (Å²) in [6.45, 7) is 3.90. The average molecular weight is 459 g/mol. The number of methoxy groups -OCH3 is 1. The number of aromatic carboxylic acids is 1. The van der Waals surface area contributed by atoms with Gasteiger partial charge in [0.2, 0.25) is 0 Å². The van der Waals surface area contributed by atoms with Gasteiger partial charge in [-0.05, 0) is 54.1 Å². The molecule has 0 unspecified atom stereocenters. The molecule has 1 heterocycles. The minimum Gasteiger partial charge on any atom is -0.494 e. The van der Waals surface area contributed by atoms with E-state index in [-0.39, 0.29) is 35.0 Å². The Kier molecular flexibility index (Phi) is 7.06. The van der Waals surface area contributed by atoms with Gasteiger partial charge in [-0.25, -0.2) is 18.8 Å². The van der Waals surface area contributed by atoms with E-state index >= 15 is 0 Å². The van der Waals surface area contributed by atoms with Gasteiger partial charge >= 0.3 is 17.7 Å². The minimum absolute atomic E-state index is 0.0216. The molecule has 12 heteroatoms. The highest BCUT2D eigenvalue weighted by molar-refractivity contribution is 5.97. The van der Waals surface area contributed by atoms with Crippen molar-refractivity contribution in [3.63, 3.8) is 0 Å². The number of carbonyl (C=O) groups is 2. The third kappa shape index (κ3) is 4.54. The Hall–Kier alpha value is -4.22. The number of amides is 1. The lowest BCUT2D eigenvalue weighted by atomic mass is 10.1. The number of aromatic nitrogens is 4. The molecule has 174 valence electrons. The molecule has 33 heavy (non-hydrogen) atoms. The van der Waals surface area contributed by atoms with Crippen LogP contribution in [0.1, 0.15) is 30.6 Å². The number of benzene rings is 2. The molecule has 3 rings (SSSR count). The zero-order valence-electron chi connectivity index (χ0n) is 18.2. The molecule has 0 atom stereocenters. The van der Waals surface area contributed by atoms with E-state index in [1.807, 2.05) is 6.92 Å². The van der Waals surface area contributed by atoms with Crippen molar-refractivity contribution < 1.29 is 28.6 Å². The summed E-state index contributed by atoms with van der Waals surface area (Å²) in [6, 6.07) is 7.06. The van der Waals surface area contributed by atoms with E-state index in [1.54, 1.807) is 6.92 Å². The van der Waals surface area contributed by atoms with Gasteiger partial charge in [0.05, 0.1) is 25.0 Å². The summed E-state index contributed by atoms with van der Waals surface area (Å²) in [6.07, 6.45) is 0.679. The first-order valence-corrected chi connectivity index (χ1v) is 10.0. The number of hydrogen-bond donors (Lipinski definition) is 1. The fourth-order valence-electron chi connectivity index (χ4n) is 3.09. The van der Waals surface area contributed by atoms with Gasteiger partial charge in [0.1, 0.15) is 17.2 Å². The Bertz CT molecular complexity index is 1240. The van der Waals surface area contributed by atoms with Crippen LogP contribution in [0.25, 0.3) is 5.69 Å². The second kappa shape index (κ2) is 9.94. The number of ether oxygens (including phenoxy) is 2. The van der Waals surface area contributed by atoms with Crippen molar-refractivity contribution in [1.29, 1.82) is 0 Å². The summed E-state index contributed by atoms with van der Waals surface area (Å²) in [7, 11) is 1.30. The summed E-state index contributed by atoms with van der Waals surface area (Å²) in [4.78, 5) is 38.7. The smallest absolute Gasteiger partial charge is 0.377 e.